The summed E-state index contributed by atoms with van der Waals surface area (Å²) in [6.07, 6.45) is -4.48. The summed E-state index contributed by atoms with van der Waals surface area (Å²) in [4.78, 5) is 12.0. The van der Waals surface area contributed by atoms with Crippen LogP contribution in [0.4, 0.5) is 18.9 Å². The van der Waals surface area contributed by atoms with E-state index in [0.717, 1.165) is 29.5 Å². The standard InChI is InChI=1S/C19H15ClF3N3O3S/c1-11-7-13(20)5-6-15(11)28-9-17-25-26-18(29-17)30-10-16(27)24-14-4-2-3-12(8-14)19(21,22)23/h2-8H,9-10H2,1H3,(H,24,27). The van der Waals surface area contributed by atoms with Gasteiger partial charge in [-0.3, -0.25) is 4.79 Å². The summed E-state index contributed by atoms with van der Waals surface area (Å²) in [5.41, 5.74) is 0.0571. The van der Waals surface area contributed by atoms with Gasteiger partial charge in [-0.2, -0.15) is 13.2 Å². The van der Waals surface area contributed by atoms with Gasteiger partial charge in [-0.15, -0.1) is 10.2 Å². The predicted octanol–water partition coefficient (Wildman–Crippen LogP) is 5.36. The van der Waals surface area contributed by atoms with Gasteiger partial charge in [-0.25, -0.2) is 0 Å². The number of thioether (sulfide) groups is 1. The van der Waals surface area contributed by atoms with E-state index in [1.807, 2.05) is 6.92 Å². The first kappa shape index (κ1) is 22.0. The lowest BCUT2D eigenvalue weighted by Gasteiger charge is -2.09. The first-order valence-electron chi connectivity index (χ1n) is 8.52. The molecule has 6 nitrogen and oxygen atoms in total. The average molecular weight is 458 g/mol. The van der Waals surface area contributed by atoms with Crippen molar-refractivity contribution in [1.29, 1.82) is 0 Å². The van der Waals surface area contributed by atoms with Crippen molar-refractivity contribution in [2.24, 2.45) is 0 Å². The number of rotatable bonds is 7. The second-order valence-corrected chi connectivity index (χ2v) is 7.44. The number of benzene rings is 2. The van der Waals surface area contributed by atoms with Crippen LogP contribution < -0.4 is 10.1 Å². The Morgan fingerprint density at radius 1 is 1.23 bits per heavy atom. The lowest BCUT2D eigenvalue weighted by molar-refractivity contribution is -0.137. The van der Waals surface area contributed by atoms with E-state index in [4.69, 9.17) is 20.8 Å². The van der Waals surface area contributed by atoms with Gasteiger partial charge in [0.2, 0.25) is 5.91 Å². The first-order valence-corrected chi connectivity index (χ1v) is 9.88. The highest BCUT2D eigenvalue weighted by Crippen LogP contribution is 2.30. The molecule has 0 fully saturated rings. The number of anilines is 1. The summed E-state index contributed by atoms with van der Waals surface area (Å²) in [6, 6.07) is 9.57. The molecule has 0 aliphatic rings. The second kappa shape index (κ2) is 9.40. The molecular weight excluding hydrogens is 443 g/mol. The molecule has 0 saturated carbocycles. The largest absolute Gasteiger partial charge is 0.484 e. The van der Waals surface area contributed by atoms with Gasteiger partial charge in [-0.1, -0.05) is 29.4 Å². The molecule has 0 aliphatic heterocycles. The lowest BCUT2D eigenvalue weighted by atomic mass is 10.2. The second-order valence-electron chi connectivity index (χ2n) is 6.08. The molecule has 1 heterocycles. The van der Waals surface area contributed by atoms with E-state index in [0.29, 0.717) is 10.8 Å². The van der Waals surface area contributed by atoms with E-state index >= 15 is 0 Å². The lowest BCUT2D eigenvalue weighted by Crippen LogP contribution is -2.15. The Kier molecular flexibility index (Phi) is 6.88. The van der Waals surface area contributed by atoms with Gasteiger partial charge in [0.05, 0.1) is 11.3 Å². The third-order valence-corrected chi connectivity index (χ3v) is 4.79. The molecule has 158 valence electrons. The smallest absolute Gasteiger partial charge is 0.416 e. The summed E-state index contributed by atoms with van der Waals surface area (Å²) >= 11 is 6.85. The van der Waals surface area contributed by atoms with Crippen molar-refractivity contribution in [3.05, 3.63) is 64.5 Å². The highest BCUT2D eigenvalue weighted by atomic mass is 35.5. The fourth-order valence-electron chi connectivity index (χ4n) is 2.37. The molecular formula is C19H15ClF3N3O3S. The van der Waals surface area contributed by atoms with E-state index in [2.05, 4.69) is 15.5 Å². The van der Waals surface area contributed by atoms with Crippen LogP contribution in [-0.2, 0) is 17.6 Å². The number of nitrogens with one attached hydrogen (secondary N) is 1. The minimum Gasteiger partial charge on any atom is -0.484 e. The van der Waals surface area contributed by atoms with Crippen molar-refractivity contribution in [1.82, 2.24) is 10.2 Å². The quantitative estimate of drug-likeness (QED) is 0.481. The van der Waals surface area contributed by atoms with Crippen LogP contribution in [0.1, 0.15) is 17.0 Å². The number of hydrogen-bond acceptors (Lipinski definition) is 6. The van der Waals surface area contributed by atoms with E-state index < -0.39 is 17.6 Å². The van der Waals surface area contributed by atoms with Crippen LogP contribution in [0.2, 0.25) is 5.02 Å². The molecule has 3 aromatic rings. The van der Waals surface area contributed by atoms with Crippen LogP contribution in [0.5, 0.6) is 5.75 Å². The first-order chi connectivity index (χ1) is 14.2. The monoisotopic (exact) mass is 457 g/mol. The fourth-order valence-corrected chi connectivity index (χ4v) is 3.17. The zero-order valence-electron chi connectivity index (χ0n) is 15.5. The molecule has 0 saturated heterocycles. The topological polar surface area (TPSA) is 77.2 Å². The van der Waals surface area contributed by atoms with Crippen molar-refractivity contribution < 1.29 is 27.1 Å². The van der Waals surface area contributed by atoms with Crippen molar-refractivity contribution >= 4 is 35.0 Å². The van der Waals surface area contributed by atoms with Crippen molar-refractivity contribution in [2.45, 2.75) is 24.9 Å². The molecule has 1 N–H and O–H groups in total. The van der Waals surface area contributed by atoms with Gasteiger partial charge in [0, 0.05) is 10.7 Å². The number of halogens is 4. The molecule has 11 heteroatoms. The van der Waals surface area contributed by atoms with Gasteiger partial charge < -0.3 is 14.5 Å². The Balaban J connectivity index is 1.49. The van der Waals surface area contributed by atoms with Crippen LogP contribution >= 0.6 is 23.4 Å². The van der Waals surface area contributed by atoms with Gasteiger partial charge in [0.25, 0.3) is 11.1 Å². The van der Waals surface area contributed by atoms with Crippen LogP contribution in [0.25, 0.3) is 0 Å². The number of ether oxygens (including phenoxy) is 1. The maximum absolute atomic E-state index is 12.7. The molecule has 0 aliphatic carbocycles. The summed E-state index contributed by atoms with van der Waals surface area (Å²) in [5.74, 6) is 0.208. The maximum Gasteiger partial charge on any atom is 0.416 e. The van der Waals surface area contributed by atoms with Gasteiger partial charge in [-0.05, 0) is 48.9 Å². The van der Waals surface area contributed by atoms with Crippen molar-refractivity contribution in [3.8, 4) is 5.75 Å². The number of alkyl halides is 3. The molecule has 0 spiro atoms. The van der Waals surface area contributed by atoms with E-state index in [1.54, 1.807) is 18.2 Å². The molecule has 0 atom stereocenters. The average Bonchev–Trinajstić information content (AvgIpc) is 3.13. The molecule has 0 bridgehead atoms. The van der Waals surface area contributed by atoms with E-state index in [9.17, 15) is 18.0 Å². The number of amides is 1. The van der Waals surface area contributed by atoms with E-state index in [1.165, 1.54) is 12.1 Å². The molecule has 0 unspecified atom stereocenters. The highest BCUT2D eigenvalue weighted by molar-refractivity contribution is 7.99. The number of carbonyl (C=O) groups excluding carboxylic acids is 1. The van der Waals surface area contributed by atoms with Gasteiger partial charge >= 0.3 is 6.18 Å². The molecule has 0 radical (unpaired) electrons. The molecule has 1 amide bonds. The molecule has 3 rings (SSSR count). The Labute approximate surface area is 178 Å². The minimum atomic E-state index is -4.48. The Bertz CT molecular complexity index is 1040. The number of aryl methyl sites for hydroxylation is 1. The minimum absolute atomic E-state index is 0.0342. The summed E-state index contributed by atoms with van der Waals surface area (Å²) < 4.78 is 49.2. The molecule has 2 aromatic carbocycles. The number of aromatic nitrogens is 2. The zero-order valence-corrected chi connectivity index (χ0v) is 17.1. The SMILES string of the molecule is Cc1cc(Cl)ccc1OCc1nnc(SCC(=O)Nc2cccc(C(F)(F)F)c2)o1. The number of carbonyl (C=O) groups is 1. The van der Waals surface area contributed by atoms with Crippen LogP contribution in [0.3, 0.4) is 0 Å². The summed E-state index contributed by atoms with van der Waals surface area (Å²) in [6.45, 7) is 1.88. The summed E-state index contributed by atoms with van der Waals surface area (Å²) in [7, 11) is 0. The third kappa shape index (κ3) is 6.14. The van der Waals surface area contributed by atoms with Gasteiger partial charge in [0.15, 0.2) is 6.61 Å². The summed E-state index contributed by atoms with van der Waals surface area (Å²) in [5, 5.41) is 10.8. The Morgan fingerprint density at radius 3 is 2.77 bits per heavy atom. The number of hydrogen-bond donors (Lipinski definition) is 1. The molecule has 1 aromatic heterocycles. The van der Waals surface area contributed by atoms with E-state index in [-0.39, 0.29) is 29.2 Å². The maximum atomic E-state index is 12.7. The van der Waals surface area contributed by atoms with Gasteiger partial charge in [0.1, 0.15) is 5.75 Å². The zero-order chi connectivity index (χ0) is 21.7. The van der Waals surface area contributed by atoms with Crippen molar-refractivity contribution in [3.63, 3.8) is 0 Å². The number of nitrogens with zero attached hydrogens (tertiary/aromatic N) is 2. The molecule has 30 heavy (non-hydrogen) atoms. The van der Waals surface area contributed by atoms with Crippen LogP contribution in [0, 0.1) is 6.92 Å². The van der Waals surface area contributed by atoms with Crippen LogP contribution in [0.15, 0.2) is 52.1 Å². The Hall–Kier alpha value is -2.72. The Morgan fingerprint density at radius 2 is 2.03 bits per heavy atom. The fraction of sp³-hybridized carbons (Fsp3) is 0.211. The normalized spacial score (nSPS) is 11.4. The van der Waals surface area contributed by atoms with Crippen LogP contribution in [-0.4, -0.2) is 21.9 Å². The van der Waals surface area contributed by atoms with Crippen molar-refractivity contribution in [2.75, 3.05) is 11.1 Å². The third-order valence-electron chi connectivity index (χ3n) is 3.74. The predicted molar refractivity (Wildman–Crippen MR) is 106 cm³/mol. The highest BCUT2D eigenvalue weighted by Gasteiger charge is 2.30.